The number of hydrogen-bond donors (Lipinski definition) is 1. The van der Waals surface area contributed by atoms with Crippen molar-refractivity contribution in [2.24, 2.45) is 11.7 Å². The minimum Gasteiger partial charge on any atom is -0.330 e. The van der Waals surface area contributed by atoms with Gasteiger partial charge >= 0.3 is 0 Å². The Morgan fingerprint density at radius 3 is 1.00 bits per heavy atom. The van der Waals surface area contributed by atoms with Crippen molar-refractivity contribution in [1.29, 1.82) is 0 Å². The monoisotopic (exact) mass is 405 g/mol. The summed E-state index contributed by atoms with van der Waals surface area (Å²) in [5.74, 6) is 0.969. The molecule has 4 rings (SSSR count). The van der Waals surface area contributed by atoms with Gasteiger partial charge in [-0.25, -0.2) is 0 Å². The standard InChI is InChI=1S/C30H31N/c31-23-13-22-28(29(24-14-5-1-6-15-24)25-16-7-2-8-17-25)30(26-18-9-3-10-19-26)27-20-11-4-12-21-27/h1-12,14-21,28-30H,13,22-23,31H2. The second-order valence-corrected chi connectivity index (χ2v) is 8.19. The van der Waals surface area contributed by atoms with Gasteiger partial charge in [0, 0.05) is 11.8 Å². The normalized spacial score (nSPS) is 11.4. The van der Waals surface area contributed by atoms with Crippen LogP contribution in [0.1, 0.15) is 46.9 Å². The molecule has 0 aromatic heterocycles. The Morgan fingerprint density at radius 1 is 0.452 bits per heavy atom. The number of nitrogens with two attached hydrogens (primary N) is 1. The molecule has 0 saturated heterocycles. The van der Waals surface area contributed by atoms with E-state index in [0.29, 0.717) is 24.3 Å². The lowest BCUT2D eigenvalue weighted by Gasteiger charge is -2.36. The molecule has 2 N–H and O–H groups in total. The zero-order valence-electron chi connectivity index (χ0n) is 18.0. The molecule has 1 nitrogen and oxygen atoms in total. The smallest absolute Gasteiger partial charge is 0.0127 e. The Hall–Kier alpha value is -3.16. The van der Waals surface area contributed by atoms with Crippen molar-refractivity contribution in [3.05, 3.63) is 144 Å². The van der Waals surface area contributed by atoms with Gasteiger partial charge in [0.05, 0.1) is 0 Å². The molecule has 0 bridgehead atoms. The molecular formula is C30H31N. The van der Waals surface area contributed by atoms with Crippen LogP contribution in [0.5, 0.6) is 0 Å². The van der Waals surface area contributed by atoms with E-state index < -0.39 is 0 Å². The van der Waals surface area contributed by atoms with E-state index in [1.54, 1.807) is 0 Å². The van der Waals surface area contributed by atoms with E-state index in [1.807, 2.05) is 0 Å². The predicted molar refractivity (Wildman–Crippen MR) is 131 cm³/mol. The van der Waals surface area contributed by atoms with Gasteiger partial charge in [0.1, 0.15) is 0 Å². The maximum Gasteiger partial charge on any atom is 0.0127 e. The molecule has 4 aromatic carbocycles. The van der Waals surface area contributed by atoms with Crippen molar-refractivity contribution in [3.63, 3.8) is 0 Å². The van der Waals surface area contributed by atoms with Crippen LogP contribution in [0.25, 0.3) is 0 Å². The summed E-state index contributed by atoms with van der Waals surface area (Å²) in [5.41, 5.74) is 11.5. The molecule has 4 aromatic rings. The zero-order chi connectivity index (χ0) is 21.3. The molecule has 156 valence electrons. The molecule has 0 aliphatic carbocycles. The Kier molecular flexibility index (Phi) is 7.31. The van der Waals surface area contributed by atoms with Crippen molar-refractivity contribution in [2.45, 2.75) is 24.7 Å². The Labute approximate surface area is 186 Å². The van der Waals surface area contributed by atoms with E-state index in [9.17, 15) is 0 Å². The molecule has 31 heavy (non-hydrogen) atoms. The van der Waals surface area contributed by atoms with Gasteiger partial charge in [-0.15, -0.1) is 0 Å². The fourth-order valence-electron chi connectivity index (χ4n) is 4.89. The molecular weight excluding hydrogens is 374 g/mol. The molecule has 0 atom stereocenters. The highest BCUT2D eigenvalue weighted by atomic mass is 14.5. The minimum absolute atomic E-state index is 0.291. The Balaban J connectivity index is 1.89. The van der Waals surface area contributed by atoms with Crippen molar-refractivity contribution < 1.29 is 0 Å². The Bertz CT molecular complexity index is 851. The summed E-state index contributed by atoms with van der Waals surface area (Å²) in [5, 5.41) is 0. The quantitative estimate of drug-likeness (QED) is 0.318. The van der Waals surface area contributed by atoms with Gasteiger partial charge in [0.2, 0.25) is 0 Å². The van der Waals surface area contributed by atoms with E-state index in [0.717, 1.165) is 12.8 Å². The highest BCUT2D eigenvalue weighted by molar-refractivity contribution is 5.39. The van der Waals surface area contributed by atoms with E-state index >= 15 is 0 Å². The van der Waals surface area contributed by atoms with Crippen LogP contribution in [0.3, 0.4) is 0 Å². The zero-order valence-corrected chi connectivity index (χ0v) is 18.0. The summed E-state index contributed by atoms with van der Waals surface area (Å²) in [7, 11) is 0. The highest BCUT2D eigenvalue weighted by Crippen LogP contribution is 2.45. The summed E-state index contributed by atoms with van der Waals surface area (Å²) in [6.07, 6.45) is 2.08. The minimum atomic E-state index is 0.291. The van der Waals surface area contributed by atoms with E-state index in [2.05, 4.69) is 121 Å². The molecule has 0 saturated carbocycles. The predicted octanol–water partition coefficient (Wildman–Crippen LogP) is 7.01. The number of hydrogen-bond acceptors (Lipinski definition) is 1. The Morgan fingerprint density at radius 2 is 0.742 bits per heavy atom. The molecule has 0 spiro atoms. The summed E-state index contributed by atoms with van der Waals surface area (Å²) in [6.45, 7) is 0.711. The van der Waals surface area contributed by atoms with Crippen molar-refractivity contribution >= 4 is 0 Å². The van der Waals surface area contributed by atoms with Crippen LogP contribution in [-0.4, -0.2) is 6.54 Å². The lowest BCUT2D eigenvalue weighted by Crippen LogP contribution is -2.24. The van der Waals surface area contributed by atoms with Gasteiger partial charge in [-0.3, -0.25) is 0 Å². The molecule has 0 radical (unpaired) electrons. The van der Waals surface area contributed by atoms with Crippen molar-refractivity contribution in [2.75, 3.05) is 6.54 Å². The first-order valence-electron chi connectivity index (χ1n) is 11.3. The van der Waals surface area contributed by atoms with Gasteiger partial charge in [0.15, 0.2) is 0 Å². The average molecular weight is 406 g/mol. The fourth-order valence-corrected chi connectivity index (χ4v) is 4.89. The van der Waals surface area contributed by atoms with Gasteiger partial charge < -0.3 is 5.73 Å². The third-order valence-electron chi connectivity index (χ3n) is 6.23. The number of benzene rings is 4. The third-order valence-corrected chi connectivity index (χ3v) is 6.23. The fraction of sp³-hybridized carbons (Fsp3) is 0.200. The summed E-state index contributed by atoms with van der Waals surface area (Å²) >= 11 is 0. The highest BCUT2D eigenvalue weighted by Gasteiger charge is 2.33. The summed E-state index contributed by atoms with van der Waals surface area (Å²) < 4.78 is 0. The SMILES string of the molecule is NCCCC(C(c1ccccc1)c1ccccc1)C(c1ccccc1)c1ccccc1. The van der Waals surface area contributed by atoms with E-state index in [4.69, 9.17) is 5.73 Å². The lowest BCUT2D eigenvalue weighted by atomic mass is 9.68. The van der Waals surface area contributed by atoms with Crippen LogP contribution < -0.4 is 5.73 Å². The molecule has 0 amide bonds. The van der Waals surface area contributed by atoms with Gasteiger partial charge in [-0.05, 0) is 47.6 Å². The second-order valence-electron chi connectivity index (χ2n) is 8.19. The molecule has 0 heterocycles. The van der Waals surface area contributed by atoms with Crippen LogP contribution in [0.15, 0.2) is 121 Å². The van der Waals surface area contributed by atoms with Crippen LogP contribution in [-0.2, 0) is 0 Å². The average Bonchev–Trinajstić information content (AvgIpc) is 2.85. The molecule has 0 aliphatic rings. The van der Waals surface area contributed by atoms with Gasteiger partial charge in [-0.2, -0.15) is 0 Å². The third kappa shape index (κ3) is 5.13. The van der Waals surface area contributed by atoms with Crippen molar-refractivity contribution in [1.82, 2.24) is 0 Å². The first kappa shape index (κ1) is 21.1. The summed E-state index contributed by atoms with van der Waals surface area (Å²) in [4.78, 5) is 0. The van der Waals surface area contributed by atoms with Crippen LogP contribution in [0.2, 0.25) is 0 Å². The van der Waals surface area contributed by atoms with Gasteiger partial charge in [0.25, 0.3) is 0 Å². The lowest BCUT2D eigenvalue weighted by molar-refractivity contribution is 0.380. The topological polar surface area (TPSA) is 26.0 Å². The van der Waals surface area contributed by atoms with Crippen LogP contribution in [0, 0.1) is 5.92 Å². The molecule has 1 heteroatoms. The largest absolute Gasteiger partial charge is 0.330 e. The number of rotatable bonds is 9. The van der Waals surface area contributed by atoms with Crippen LogP contribution in [0.4, 0.5) is 0 Å². The second kappa shape index (κ2) is 10.7. The van der Waals surface area contributed by atoms with E-state index in [1.165, 1.54) is 22.3 Å². The summed E-state index contributed by atoms with van der Waals surface area (Å²) in [6, 6.07) is 43.9. The molecule has 0 fully saturated rings. The molecule has 0 unspecified atom stereocenters. The maximum atomic E-state index is 6.03. The van der Waals surface area contributed by atoms with Crippen molar-refractivity contribution in [3.8, 4) is 0 Å². The first-order valence-corrected chi connectivity index (χ1v) is 11.3. The maximum absolute atomic E-state index is 6.03. The van der Waals surface area contributed by atoms with Gasteiger partial charge in [-0.1, -0.05) is 121 Å². The first-order chi connectivity index (χ1) is 15.4. The van der Waals surface area contributed by atoms with E-state index in [-0.39, 0.29) is 0 Å². The van der Waals surface area contributed by atoms with Crippen LogP contribution >= 0.6 is 0 Å². The molecule has 0 aliphatic heterocycles.